The number of carbonyl (C=O) groups is 2. The Balaban J connectivity index is 1.81. The van der Waals surface area contributed by atoms with E-state index < -0.39 is 11.6 Å². The maximum atomic E-state index is 13.6. The number of hydrogen-bond donors (Lipinski definition) is 1. The molecule has 3 aromatic rings. The lowest BCUT2D eigenvalue weighted by molar-refractivity contribution is -0.141. The van der Waals surface area contributed by atoms with E-state index in [0.717, 1.165) is 16.9 Å². The second-order valence-corrected chi connectivity index (χ2v) is 11.4. The summed E-state index contributed by atoms with van der Waals surface area (Å²) < 4.78 is 0. The number of benzene rings is 3. The van der Waals surface area contributed by atoms with E-state index in [1.807, 2.05) is 93.6 Å². The largest absolute Gasteiger partial charge is 0.350 e. The highest BCUT2D eigenvalue weighted by Crippen LogP contribution is 2.20. The molecule has 6 heteroatoms. The van der Waals surface area contributed by atoms with Crippen LogP contribution in [0.4, 0.5) is 0 Å². The van der Waals surface area contributed by atoms with Gasteiger partial charge in [-0.1, -0.05) is 84.4 Å². The molecule has 4 nitrogen and oxygen atoms in total. The highest BCUT2D eigenvalue weighted by Gasteiger charge is 2.32. The van der Waals surface area contributed by atoms with E-state index in [1.165, 1.54) is 5.56 Å². The third-order valence-corrected chi connectivity index (χ3v) is 6.89. The van der Waals surface area contributed by atoms with Crippen molar-refractivity contribution in [3.8, 4) is 0 Å². The van der Waals surface area contributed by atoms with Gasteiger partial charge >= 0.3 is 0 Å². The minimum absolute atomic E-state index is 0.0319. The molecular formula is C30H35ClN2O2S. The summed E-state index contributed by atoms with van der Waals surface area (Å²) in [4.78, 5) is 28.9. The average Bonchev–Trinajstić information content (AvgIpc) is 2.85. The molecule has 0 aromatic heterocycles. The number of carbonyl (C=O) groups excluding carboxylic acids is 2. The molecular weight excluding hydrogens is 488 g/mol. The first-order valence-corrected chi connectivity index (χ1v) is 13.8. The van der Waals surface area contributed by atoms with E-state index in [0.29, 0.717) is 30.2 Å². The molecule has 3 aromatic carbocycles. The number of halogens is 1. The molecule has 0 aliphatic heterocycles. The molecule has 1 unspecified atom stereocenters. The Kier molecular flexibility index (Phi) is 10.4. The van der Waals surface area contributed by atoms with Crippen molar-refractivity contribution >= 4 is 35.2 Å². The Labute approximate surface area is 224 Å². The fourth-order valence-electron chi connectivity index (χ4n) is 3.86. The maximum Gasteiger partial charge on any atom is 0.243 e. The Bertz CT molecular complexity index is 1100. The summed E-state index contributed by atoms with van der Waals surface area (Å²) in [5.74, 6) is 1.36. The Morgan fingerprint density at radius 3 is 2.03 bits per heavy atom. The number of hydrogen-bond acceptors (Lipinski definition) is 3. The molecule has 190 valence electrons. The van der Waals surface area contributed by atoms with Gasteiger partial charge in [0.25, 0.3) is 0 Å². The van der Waals surface area contributed by atoms with E-state index in [2.05, 4.69) is 17.4 Å². The first-order chi connectivity index (χ1) is 17.2. The van der Waals surface area contributed by atoms with E-state index >= 15 is 0 Å². The molecule has 0 bridgehead atoms. The summed E-state index contributed by atoms with van der Waals surface area (Å²) in [5, 5.41) is 3.74. The van der Waals surface area contributed by atoms with Crippen LogP contribution >= 0.6 is 23.4 Å². The fourth-order valence-corrected chi connectivity index (χ4v) is 4.88. The van der Waals surface area contributed by atoms with E-state index in [-0.39, 0.29) is 11.8 Å². The Morgan fingerprint density at radius 2 is 1.44 bits per heavy atom. The van der Waals surface area contributed by atoms with Crippen LogP contribution in [0.5, 0.6) is 0 Å². The van der Waals surface area contributed by atoms with Crippen LogP contribution in [0.2, 0.25) is 5.02 Å². The minimum Gasteiger partial charge on any atom is -0.350 e. The van der Waals surface area contributed by atoms with Crippen LogP contribution < -0.4 is 5.32 Å². The summed E-state index contributed by atoms with van der Waals surface area (Å²) >= 11 is 7.82. The summed E-state index contributed by atoms with van der Waals surface area (Å²) in [6.45, 7) is 6.20. The van der Waals surface area contributed by atoms with Crippen LogP contribution in [0.3, 0.4) is 0 Å². The third kappa shape index (κ3) is 9.36. The lowest BCUT2D eigenvalue weighted by Gasteiger charge is -2.34. The summed E-state index contributed by atoms with van der Waals surface area (Å²) in [6, 6.07) is 26.9. The first-order valence-electron chi connectivity index (χ1n) is 12.2. The minimum atomic E-state index is -0.631. The number of nitrogens with zero attached hydrogens (tertiary/aromatic N) is 1. The first kappa shape index (κ1) is 27.8. The molecule has 0 fully saturated rings. The molecule has 0 radical (unpaired) electrons. The second-order valence-electron chi connectivity index (χ2n) is 9.88. The molecule has 36 heavy (non-hydrogen) atoms. The van der Waals surface area contributed by atoms with Crippen LogP contribution in [-0.4, -0.2) is 34.0 Å². The van der Waals surface area contributed by atoms with Crippen molar-refractivity contribution in [3.63, 3.8) is 0 Å². The van der Waals surface area contributed by atoms with Gasteiger partial charge in [0.15, 0.2) is 0 Å². The van der Waals surface area contributed by atoms with Crippen molar-refractivity contribution in [2.24, 2.45) is 0 Å². The van der Waals surface area contributed by atoms with Gasteiger partial charge in [-0.2, -0.15) is 11.8 Å². The van der Waals surface area contributed by atoms with Crippen molar-refractivity contribution in [3.05, 3.63) is 107 Å². The molecule has 2 amide bonds. The maximum absolute atomic E-state index is 13.6. The highest BCUT2D eigenvalue weighted by atomic mass is 35.5. The Morgan fingerprint density at radius 1 is 0.861 bits per heavy atom. The van der Waals surface area contributed by atoms with Crippen molar-refractivity contribution in [2.45, 2.75) is 57.5 Å². The van der Waals surface area contributed by atoms with Gasteiger partial charge < -0.3 is 10.2 Å². The predicted octanol–water partition coefficient (Wildman–Crippen LogP) is 6.52. The number of rotatable bonds is 11. The molecule has 0 spiro atoms. The molecule has 0 aliphatic carbocycles. The standard InChI is InChI=1S/C30H35ClN2O2S/c1-30(2,3)32-29(35)27(20-23-10-6-4-7-11-23)33(21-24-14-16-26(31)17-15-24)28(34)18-19-36-22-25-12-8-5-9-13-25/h4-17,27H,18-22H2,1-3H3,(H,32,35). The smallest absolute Gasteiger partial charge is 0.243 e. The highest BCUT2D eigenvalue weighted by molar-refractivity contribution is 7.98. The summed E-state index contributed by atoms with van der Waals surface area (Å²) in [7, 11) is 0. The normalized spacial score (nSPS) is 12.1. The van der Waals surface area contributed by atoms with Gasteiger partial charge in [-0.3, -0.25) is 9.59 Å². The van der Waals surface area contributed by atoms with Gasteiger partial charge in [-0.25, -0.2) is 0 Å². The molecule has 1 N–H and O–H groups in total. The number of thioether (sulfide) groups is 1. The molecule has 0 heterocycles. The van der Waals surface area contributed by atoms with Gasteiger partial charge in [-0.05, 0) is 49.6 Å². The van der Waals surface area contributed by atoms with E-state index in [4.69, 9.17) is 11.6 Å². The summed E-state index contributed by atoms with van der Waals surface area (Å²) in [6.07, 6.45) is 0.804. The SMILES string of the molecule is CC(C)(C)NC(=O)C(Cc1ccccc1)N(Cc1ccc(Cl)cc1)C(=O)CCSCc1ccccc1. The van der Waals surface area contributed by atoms with Gasteiger partial charge in [0.1, 0.15) is 6.04 Å². The van der Waals surface area contributed by atoms with Gasteiger partial charge in [0.05, 0.1) is 0 Å². The van der Waals surface area contributed by atoms with E-state index in [1.54, 1.807) is 16.7 Å². The van der Waals surface area contributed by atoms with Crippen molar-refractivity contribution in [1.82, 2.24) is 10.2 Å². The molecule has 3 rings (SSSR count). The van der Waals surface area contributed by atoms with E-state index in [9.17, 15) is 9.59 Å². The molecule has 0 aliphatic rings. The average molecular weight is 523 g/mol. The van der Waals surface area contributed by atoms with Gasteiger partial charge in [0.2, 0.25) is 11.8 Å². The van der Waals surface area contributed by atoms with Crippen LogP contribution in [0.25, 0.3) is 0 Å². The number of nitrogens with one attached hydrogen (secondary N) is 1. The van der Waals surface area contributed by atoms with Crippen molar-refractivity contribution in [1.29, 1.82) is 0 Å². The molecule has 0 saturated carbocycles. The number of amides is 2. The molecule has 1 atom stereocenters. The van der Waals surface area contributed by atoms with Gasteiger partial charge in [-0.15, -0.1) is 0 Å². The summed E-state index contributed by atoms with van der Waals surface area (Å²) in [5.41, 5.74) is 2.77. The Hall–Kier alpha value is -2.76. The van der Waals surface area contributed by atoms with Crippen LogP contribution in [0.1, 0.15) is 43.9 Å². The topological polar surface area (TPSA) is 49.4 Å². The third-order valence-electron chi connectivity index (χ3n) is 5.61. The zero-order valence-corrected chi connectivity index (χ0v) is 22.8. The fraction of sp³-hybridized carbons (Fsp3) is 0.333. The van der Waals surface area contributed by atoms with Crippen LogP contribution in [0, 0.1) is 0 Å². The zero-order valence-electron chi connectivity index (χ0n) is 21.2. The zero-order chi connectivity index (χ0) is 26.0. The van der Waals surface area contributed by atoms with Crippen LogP contribution in [-0.2, 0) is 28.3 Å². The monoisotopic (exact) mass is 522 g/mol. The predicted molar refractivity (Wildman–Crippen MR) is 151 cm³/mol. The quantitative estimate of drug-likeness (QED) is 0.292. The van der Waals surface area contributed by atoms with Crippen LogP contribution in [0.15, 0.2) is 84.9 Å². The lowest BCUT2D eigenvalue weighted by Crippen LogP contribution is -2.54. The molecule has 0 saturated heterocycles. The van der Waals surface area contributed by atoms with Crippen molar-refractivity contribution in [2.75, 3.05) is 5.75 Å². The lowest BCUT2D eigenvalue weighted by atomic mass is 10.0. The van der Waals surface area contributed by atoms with Crippen molar-refractivity contribution < 1.29 is 9.59 Å². The second kappa shape index (κ2) is 13.5. The van der Waals surface area contributed by atoms with Gasteiger partial charge in [0, 0.05) is 41.5 Å².